The zero-order valence-corrected chi connectivity index (χ0v) is 12.2. The van der Waals surface area contributed by atoms with Crippen LogP contribution in [0.2, 0.25) is 0 Å². The topological polar surface area (TPSA) is 71.9 Å². The van der Waals surface area contributed by atoms with Gasteiger partial charge in [-0.25, -0.2) is 0 Å². The molecule has 1 aromatic heterocycles. The van der Waals surface area contributed by atoms with Crippen LogP contribution in [0.4, 0.5) is 0 Å². The van der Waals surface area contributed by atoms with Crippen LogP contribution in [0.15, 0.2) is 72.4 Å². The van der Waals surface area contributed by atoms with Gasteiger partial charge in [-0.05, 0) is 17.0 Å². The average Bonchev–Trinajstić information content (AvgIpc) is 2.61. The standard InChI is InChI=1S/C19H13N3O/c20-10-16-17(13-5-3-9-22-11-13)15-8-7-12-4-1-2-6-14(12)18(15)23-19(16)21/h1-9,11,17H,21H2. The summed E-state index contributed by atoms with van der Waals surface area (Å²) < 4.78 is 5.81. The van der Waals surface area contributed by atoms with Gasteiger partial charge in [0.15, 0.2) is 0 Å². The molecule has 4 heteroatoms. The van der Waals surface area contributed by atoms with Crippen LogP contribution in [-0.2, 0) is 0 Å². The van der Waals surface area contributed by atoms with Crippen molar-refractivity contribution < 1.29 is 4.74 Å². The number of pyridine rings is 1. The molecular formula is C19H13N3O. The van der Waals surface area contributed by atoms with E-state index in [9.17, 15) is 5.26 Å². The van der Waals surface area contributed by atoms with Gasteiger partial charge in [-0.1, -0.05) is 42.5 Å². The lowest BCUT2D eigenvalue weighted by Crippen LogP contribution is -2.21. The molecule has 0 amide bonds. The molecule has 4 nitrogen and oxygen atoms in total. The second-order valence-corrected chi connectivity index (χ2v) is 5.42. The zero-order valence-electron chi connectivity index (χ0n) is 12.2. The number of nitriles is 1. The van der Waals surface area contributed by atoms with Gasteiger partial charge < -0.3 is 10.5 Å². The number of fused-ring (bicyclic) bond motifs is 3. The molecule has 0 saturated carbocycles. The number of nitrogens with zero attached hydrogens (tertiary/aromatic N) is 2. The highest BCUT2D eigenvalue weighted by Gasteiger charge is 2.31. The van der Waals surface area contributed by atoms with Crippen LogP contribution < -0.4 is 10.5 Å². The Bertz CT molecular complexity index is 971. The molecule has 2 N–H and O–H groups in total. The summed E-state index contributed by atoms with van der Waals surface area (Å²) in [6.45, 7) is 0. The summed E-state index contributed by atoms with van der Waals surface area (Å²) in [7, 11) is 0. The molecule has 3 aromatic rings. The summed E-state index contributed by atoms with van der Waals surface area (Å²) in [4.78, 5) is 4.18. The number of nitrogens with two attached hydrogens (primary N) is 1. The van der Waals surface area contributed by atoms with Crippen molar-refractivity contribution in [3.8, 4) is 11.8 Å². The highest BCUT2D eigenvalue weighted by molar-refractivity contribution is 5.90. The van der Waals surface area contributed by atoms with Gasteiger partial charge in [-0.3, -0.25) is 4.98 Å². The third-order valence-electron chi connectivity index (χ3n) is 4.13. The van der Waals surface area contributed by atoms with Gasteiger partial charge in [-0.15, -0.1) is 0 Å². The molecule has 1 unspecified atom stereocenters. The molecule has 0 spiro atoms. The minimum absolute atomic E-state index is 0.158. The molecule has 2 heterocycles. The molecule has 23 heavy (non-hydrogen) atoms. The highest BCUT2D eigenvalue weighted by atomic mass is 16.5. The van der Waals surface area contributed by atoms with Crippen LogP contribution in [0, 0.1) is 11.3 Å². The maximum Gasteiger partial charge on any atom is 0.205 e. The molecule has 2 aromatic carbocycles. The van der Waals surface area contributed by atoms with Crippen LogP contribution in [0.1, 0.15) is 17.0 Å². The van der Waals surface area contributed by atoms with E-state index >= 15 is 0 Å². The van der Waals surface area contributed by atoms with Crippen molar-refractivity contribution in [1.29, 1.82) is 5.26 Å². The fourth-order valence-corrected chi connectivity index (χ4v) is 3.08. The van der Waals surface area contributed by atoms with Crippen LogP contribution in [0.25, 0.3) is 10.8 Å². The predicted octanol–water partition coefficient (Wildman–Crippen LogP) is 3.45. The monoisotopic (exact) mass is 299 g/mol. The SMILES string of the molecule is N#CC1=C(N)Oc2c(ccc3ccccc23)C1c1cccnc1. The van der Waals surface area contributed by atoms with Crippen molar-refractivity contribution in [2.45, 2.75) is 5.92 Å². The molecule has 0 fully saturated rings. The van der Waals surface area contributed by atoms with Crippen LogP contribution in [-0.4, -0.2) is 4.98 Å². The van der Waals surface area contributed by atoms with Crippen LogP contribution in [0.3, 0.4) is 0 Å². The second kappa shape index (κ2) is 5.15. The number of hydrogen-bond donors (Lipinski definition) is 1. The first-order chi connectivity index (χ1) is 11.3. The summed E-state index contributed by atoms with van der Waals surface area (Å²) in [5.74, 6) is 0.612. The highest BCUT2D eigenvalue weighted by Crippen LogP contribution is 2.44. The van der Waals surface area contributed by atoms with E-state index < -0.39 is 0 Å². The Kier molecular flexibility index (Phi) is 2.99. The van der Waals surface area contributed by atoms with Gasteiger partial charge in [0, 0.05) is 23.3 Å². The molecule has 0 radical (unpaired) electrons. The van der Waals surface area contributed by atoms with Gasteiger partial charge in [0.05, 0.1) is 5.92 Å². The lowest BCUT2D eigenvalue weighted by Gasteiger charge is -2.27. The Morgan fingerprint density at radius 3 is 2.74 bits per heavy atom. The Morgan fingerprint density at radius 2 is 1.96 bits per heavy atom. The third kappa shape index (κ3) is 2.02. The van der Waals surface area contributed by atoms with E-state index in [-0.39, 0.29) is 11.8 Å². The summed E-state index contributed by atoms with van der Waals surface area (Å²) in [6.07, 6.45) is 3.48. The maximum atomic E-state index is 9.54. The lowest BCUT2D eigenvalue weighted by atomic mass is 9.83. The summed E-state index contributed by atoms with van der Waals surface area (Å²) in [6, 6.07) is 18.0. The summed E-state index contributed by atoms with van der Waals surface area (Å²) >= 11 is 0. The van der Waals surface area contributed by atoms with Gasteiger partial charge in [0.2, 0.25) is 5.88 Å². The Hall–Kier alpha value is -3.32. The van der Waals surface area contributed by atoms with Gasteiger partial charge in [-0.2, -0.15) is 5.26 Å². The Labute approximate surface area is 133 Å². The molecule has 110 valence electrons. The molecule has 4 rings (SSSR count). The largest absolute Gasteiger partial charge is 0.440 e. The minimum atomic E-state index is -0.262. The Balaban J connectivity index is 2.03. The molecule has 0 bridgehead atoms. The normalized spacial score (nSPS) is 16.6. The first kappa shape index (κ1) is 13.4. The van der Waals surface area contributed by atoms with Gasteiger partial charge in [0.1, 0.15) is 17.4 Å². The smallest absolute Gasteiger partial charge is 0.205 e. The average molecular weight is 299 g/mol. The van der Waals surface area contributed by atoms with Crippen LogP contribution in [0.5, 0.6) is 5.75 Å². The summed E-state index contributed by atoms with van der Waals surface area (Å²) in [5.41, 5.74) is 8.31. The lowest BCUT2D eigenvalue weighted by molar-refractivity contribution is 0.398. The van der Waals surface area contributed by atoms with E-state index in [0.717, 1.165) is 21.9 Å². The third-order valence-corrected chi connectivity index (χ3v) is 4.13. The number of benzene rings is 2. The zero-order chi connectivity index (χ0) is 15.8. The van der Waals surface area contributed by atoms with Gasteiger partial charge >= 0.3 is 0 Å². The quantitative estimate of drug-likeness (QED) is 0.747. The first-order valence-corrected chi connectivity index (χ1v) is 7.29. The minimum Gasteiger partial charge on any atom is -0.440 e. The fraction of sp³-hybridized carbons (Fsp3) is 0.0526. The van der Waals surface area contributed by atoms with E-state index in [4.69, 9.17) is 10.5 Å². The number of ether oxygens (including phenoxy) is 1. The second-order valence-electron chi connectivity index (χ2n) is 5.42. The van der Waals surface area contributed by atoms with Gasteiger partial charge in [0.25, 0.3) is 0 Å². The molecular weight excluding hydrogens is 286 g/mol. The van der Waals surface area contributed by atoms with E-state index in [0.29, 0.717) is 11.3 Å². The molecule has 0 aliphatic carbocycles. The molecule has 1 aliphatic rings. The first-order valence-electron chi connectivity index (χ1n) is 7.29. The fourth-order valence-electron chi connectivity index (χ4n) is 3.08. The van der Waals surface area contributed by atoms with Crippen molar-refractivity contribution in [1.82, 2.24) is 4.98 Å². The molecule has 1 atom stereocenters. The van der Waals surface area contributed by atoms with E-state index in [1.165, 1.54) is 0 Å². The number of rotatable bonds is 1. The number of allylic oxidation sites excluding steroid dienone is 1. The van der Waals surface area contributed by atoms with Crippen molar-refractivity contribution in [3.05, 3.63) is 83.5 Å². The van der Waals surface area contributed by atoms with E-state index in [1.807, 2.05) is 48.5 Å². The van der Waals surface area contributed by atoms with Crippen molar-refractivity contribution >= 4 is 10.8 Å². The van der Waals surface area contributed by atoms with E-state index in [2.05, 4.69) is 11.1 Å². The molecule has 1 aliphatic heterocycles. The van der Waals surface area contributed by atoms with Crippen molar-refractivity contribution in [2.75, 3.05) is 0 Å². The van der Waals surface area contributed by atoms with Crippen LogP contribution >= 0.6 is 0 Å². The van der Waals surface area contributed by atoms with E-state index in [1.54, 1.807) is 12.4 Å². The number of aromatic nitrogens is 1. The van der Waals surface area contributed by atoms with Crippen molar-refractivity contribution in [2.24, 2.45) is 5.73 Å². The maximum absolute atomic E-state index is 9.54. The molecule has 0 saturated heterocycles. The Morgan fingerprint density at radius 1 is 1.09 bits per heavy atom. The predicted molar refractivity (Wildman–Crippen MR) is 87.5 cm³/mol. The number of hydrogen-bond acceptors (Lipinski definition) is 4. The summed E-state index contributed by atoms with van der Waals surface area (Å²) in [5, 5.41) is 11.6. The van der Waals surface area contributed by atoms with Crippen molar-refractivity contribution in [3.63, 3.8) is 0 Å².